The number of carbonyl (C=O) groups is 2. The minimum atomic E-state index is -0.665. The van der Waals surface area contributed by atoms with E-state index in [9.17, 15) is 14.0 Å². The van der Waals surface area contributed by atoms with Crippen LogP contribution >= 0.6 is 0 Å². The average molecular weight is 371 g/mol. The Balaban J connectivity index is 2.19. The van der Waals surface area contributed by atoms with Crippen molar-refractivity contribution < 1.29 is 14.0 Å². The molecule has 2 N–H and O–H groups in total. The summed E-state index contributed by atoms with van der Waals surface area (Å²) in [6.07, 6.45) is 0. The second-order valence-electron chi connectivity index (χ2n) is 7.52. The van der Waals surface area contributed by atoms with Gasteiger partial charge in [-0.25, -0.2) is 4.39 Å². The zero-order valence-electron chi connectivity index (χ0n) is 16.1. The molecule has 0 fully saturated rings. The summed E-state index contributed by atoms with van der Waals surface area (Å²) in [4.78, 5) is 26.9. The van der Waals surface area contributed by atoms with Crippen LogP contribution in [0.4, 0.5) is 10.1 Å². The van der Waals surface area contributed by atoms with E-state index in [-0.39, 0.29) is 29.7 Å². The Morgan fingerprint density at radius 2 is 1.63 bits per heavy atom. The molecule has 0 radical (unpaired) electrons. The van der Waals surface area contributed by atoms with Gasteiger partial charge >= 0.3 is 0 Å². The second-order valence-corrected chi connectivity index (χ2v) is 7.52. The minimum absolute atomic E-state index is 0.0632. The topological polar surface area (TPSA) is 61.4 Å². The normalized spacial score (nSPS) is 12.5. The molecule has 0 aliphatic heterocycles. The van der Waals surface area contributed by atoms with Crippen LogP contribution in [0.3, 0.4) is 0 Å². The Morgan fingerprint density at radius 3 is 2.19 bits per heavy atom. The van der Waals surface area contributed by atoms with Gasteiger partial charge in [0, 0.05) is 11.2 Å². The fourth-order valence-electron chi connectivity index (χ4n) is 2.76. The van der Waals surface area contributed by atoms with Gasteiger partial charge in [-0.05, 0) is 57.6 Å². The summed E-state index contributed by atoms with van der Waals surface area (Å²) >= 11 is 0. The maximum absolute atomic E-state index is 13.1. The Labute approximate surface area is 159 Å². The number of halogens is 1. The number of anilines is 1. The van der Waals surface area contributed by atoms with E-state index >= 15 is 0 Å². The number of nitrogens with zero attached hydrogens (tertiary/aromatic N) is 1. The second kappa shape index (κ2) is 8.77. The van der Waals surface area contributed by atoms with Crippen molar-refractivity contribution in [1.82, 2.24) is 10.2 Å². The maximum atomic E-state index is 13.1. The van der Waals surface area contributed by atoms with Crippen molar-refractivity contribution in [2.24, 2.45) is 0 Å². The number of nitrogens with one attached hydrogen (secondary N) is 2. The lowest BCUT2D eigenvalue weighted by molar-refractivity contribution is -0.126. The molecule has 2 aromatic carbocycles. The molecule has 0 heterocycles. The van der Waals surface area contributed by atoms with Crippen LogP contribution in [0, 0.1) is 5.82 Å². The summed E-state index contributed by atoms with van der Waals surface area (Å²) in [6.45, 7) is 5.77. The lowest BCUT2D eigenvalue weighted by Gasteiger charge is -2.29. The molecule has 5 nitrogen and oxygen atoms in total. The van der Waals surface area contributed by atoms with Gasteiger partial charge in [-0.2, -0.15) is 0 Å². The van der Waals surface area contributed by atoms with Gasteiger partial charge in [-0.15, -0.1) is 0 Å². The van der Waals surface area contributed by atoms with Crippen LogP contribution in [0.5, 0.6) is 0 Å². The SMILES string of the molecule is CN(CC(=O)NC(C)(C)C)C(C(=O)Nc1ccc(F)cc1)c1ccccc1. The zero-order chi connectivity index (χ0) is 20.0. The molecule has 0 saturated carbocycles. The predicted molar refractivity (Wildman–Crippen MR) is 105 cm³/mol. The molecule has 2 aromatic rings. The average Bonchev–Trinajstić information content (AvgIpc) is 2.56. The molecule has 0 bridgehead atoms. The van der Waals surface area contributed by atoms with E-state index < -0.39 is 6.04 Å². The molecule has 6 heteroatoms. The van der Waals surface area contributed by atoms with E-state index in [1.165, 1.54) is 24.3 Å². The third-order valence-corrected chi connectivity index (χ3v) is 3.82. The van der Waals surface area contributed by atoms with Gasteiger partial charge in [0.1, 0.15) is 11.9 Å². The first kappa shape index (κ1) is 20.6. The van der Waals surface area contributed by atoms with E-state index in [4.69, 9.17) is 0 Å². The van der Waals surface area contributed by atoms with Crippen molar-refractivity contribution in [1.29, 1.82) is 0 Å². The molecule has 0 spiro atoms. The standard InChI is InChI=1S/C21H26FN3O2/c1-21(2,3)24-18(26)14-25(4)19(15-8-6-5-7-9-15)20(27)23-17-12-10-16(22)11-13-17/h5-13,19H,14H2,1-4H3,(H,23,27)(H,24,26). The maximum Gasteiger partial charge on any atom is 0.246 e. The van der Waals surface area contributed by atoms with Crippen LogP contribution in [-0.4, -0.2) is 35.8 Å². The molecule has 0 aliphatic carbocycles. The Morgan fingerprint density at radius 1 is 1.04 bits per heavy atom. The molecule has 2 amide bonds. The zero-order valence-corrected chi connectivity index (χ0v) is 16.1. The predicted octanol–water partition coefficient (Wildman–Crippen LogP) is 3.35. The number of rotatable bonds is 6. The summed E-state index contributed by atoms with van der Waals surface area (Å²) in [5.74, 6) is -0.831. The summed E-state index contributed by atoms with van der Waals surface area (Å²) in [6, 6.07) is 14.1. The van der Waals surface area contributed by atoms with Crippen LogP contribution < -0.4 is 10.6 Å². The quantitative estimate of drug-likeness (QED) is 0.819. The molecular weight excluding hydrogens is 345 g/mol. The molecular formula is C21H26FN3O2. The fourth-order valence-corrected chi connectivity index (χ4v) is 2.76. The van der Waals surface area contributed by atoms with Crippen LogP contribution in [0.1, 0.15) is 32.4 Å². The molecule has 144 valence electrons. The number of amides is 2. The van der Waals surface area contributed by atoms with Crippen molar-refractivity contribution in [2.75, 3.05) is 18.9 Å². The van der Waals surface area contributed by atoms with Crippen molar-refractivity contribution in [3.8, 4) is 0 Å². The van der Waals surface area contributed by atoms with E-state index in [0.717, 1.165) is 5.56 Å². The largest absolute Gasteiger partial charge is 0.350 e. The van der Waals surface area contributed by atoms with Crippen molar-refractivity contribution in [3.63, 3.8) is 0 Å². The number of carbonyl (C=O) groups excluding carboxylic acids is 2. The van der Waals surface area contributed by atoms with Crippen LogP contribution in [0.2, 0.25) is 0 Å². The molecule has 0 aromatic heterocycles. The number of hydrogen-bond acceptors (Lipinski definition) is 3. The van der Waals surface area contributed by atoms with Crippen molar-refractivity contribution in [2.45, 2.75) is 32.4 Å². The monoisotopic (exact) mass is 371 g/mol. The van der Waals surface area contributed by atoms with Crippen molar-refractivity contribution >= 4 is 17.5 Å². The van der Waals surface area contributed by atoms with Gasteiger partial charge in [0.15, 0.2) is 0 Å². The highest BCUT2D eigenvalue weighted by atomic mass is 19.1. The third-order valence-electron chi connectivity index (χ3n) is 3.82. The van der Waals surface area contributed by atoms with E-state index in [2.05, 4.69) is 10.6 Å². The highest BCUT2D eigenvalue weighted by molar-refractivity contribution is 5.96. The molecule has 1 atom stereocenters. The number of benzene rings is 2. The summed E-state index contributed by atoms with van der Waals surface area (Å²) < 4.78 is 13.1. The third kappa shape index (κ3) is 6.49. The highest BCUT2D eigenvalue weighted by Crippen LogP contribution is 2.22. The Bertz CT molecular complexity index is 770. The Hall–Kier alpha value is -2.73. The molecule has 0 saturated heterocycles. The van der Waals surface area contributed by atoms with E-state index in [1.54, 1.807) is 11.9 Å². The van der Waals surface area contributed by atoms with Gasteiger partial charge < -0.3 is 10.6 Å². The molecule has 27 heavy (non-hydrogen) atoms. The lowest BCUT2D eigenvalue weighted by Crippen LogP contribution is -2.47. The number of likely N-dealkylation sites (N-methyl/N-ethyl adjacent to an activating group) is 1. The molecule has 0 aliphatic rings. The van der Waals surface area contributed by atoms with Crippen LogP contribution in [-0.2, 0) is 9.59 Å². The number of hydrogen-bond donors (Lipinski definition) is 2. The minimum Gasteiger partial charge on any atom is -0.350 e. The van der Waals surface area contributed by atoms with Crippen LogP contribution in [0.25, 0.3) is 0 Å². The summed E-state index contributed by atoms with van der Waals surface area (Å²) in [5, 5.41) is 5.69. The van der Waals surface area contributed by atoms with Gasteiger partial charge in [-0.1, -0.05) is 30.3 Å². The van der Waals surface area contributed by atoms with Gasteiger partial charge in [0.2, 0.25) is 11.8 Å². The Kier molecular flexibility index (Phi) is 6.69. The molecule has 2 rings (SSSR count). The first-order valence-corrected chi connectivity index (χ1v) is 8.78. The highest BCUT2D eigenvalue weighted by Gasteiger charge is 2.27. The summed E-state index contributed by atoms with van der Waals surface area (Å²) in [7, 11) is 1.73. The van der Waals surface area contributed by atoms with Gasteiger partial charge in [-0.3, -0.25) is 14.5 Å². The smallest absolute Gasteiger partial charge is 0.246 e. The first-order valence-electron chi connectivity index (χ1n) is 8.78. The van der Waals surface area contributed by atoms with Crippen molar-refractivity contribution in [3.05, 3.63) is 66.0 Å². The molecule has 1 unspecified atom stereocenters. The fraction of sp³-hybridized carbons (Fsp3) is 0.333. The lowest BCUT2D eigenvalue weighted by atomic mass is 10.0. The van der Waals surface area contributed by atoms with Gasteiger partial charge in [0.05, 0.1) is 6.54 Å². The first-order chi connectivity index (χ1) is 12.7. The van der Waals surface area contributed by atoms with Crippen LogP contribution in [0.15, 0.2) is 54.6 Å². The van der Waals surface area contributed by atoms with E-state index in [0.29, 0.717) is 5.69 Å². The summed E-state index contributed by atoms with van der Waals surface area (Å²) in [5.41, 5.74) is 0.911. The van der Waals surface area contributed by atoms with E-state index in [1.807, 2.05) is 51.1 Å². The van der Waals surface area contributed by atoms with Gasteiger partial charge in [0.25, 0.3) is 0 Å².